The van der Waals surface area contributed by atoms with Crippen LogP contribution < -0.4 is 4.74 Å². The molecule has 0 bridgehead atoms. The highest BCUT2D eigenvalue weighted by atomic mass is 79.9. The second-order valence-electron chi connectivity index (χ2n) is 3.23. The molecule has 0 unspecified atom stereocenters. The minimum Gasteiger partial charge on any atom is -0.481 e. The van der Waals surface area contributed by atoms with Crippen LogP contribution in [-0.2, 0) is 15.7 Å². The van der Waals surface area contributed by atoms with Crippen molar-refractivity contribution in [1.82, 2.24) is 0 Å². The predicted octanol–water partition coefficient (Wildman–Crippen LogP) is 4.44. The fraction of sp³-hybridized carbons (Fsp3) is 0.462. The van der Waals surface area contributed by atoms with E-state index in [1.165, 1.54) is 6.07 Å². The molecule has 1 aromatic carbocycles. The number of hydrogen-bond acceptors (Lipinski definition) is 3. The molecule has 0 amide bonds. The van der Waals surface area contributed by atoms with E-state index in [0.29, 0.717) is 0 Å². The third-order valence-electron chi connectivity index (χ3n) is 1.90. The Bertz CT molecular complexity index is 433. The predicted molar refractivity (Wildman–Crippen MR) is 72.6 cm³/mol. The zero-order chi connectivity index (χ0) is 15.8. The van der Waals surface area contributed by atoms with Crippen LogP contribution in [0.15, 0.2) is 22.7 Å². The van der Waals surface area contributed by atoms with Crippen LogP contribution in [0.1, 0.15) is 26.3 Å². The molecule has 1 aromatic rings. The highest BCUT2D eigenvalue weighted by Gasteiger charge is 2.34. The summed E-state index contributed by atoms with van der Waals surface area (Å²) in [5.41, 5.74) is -0.943. The van der Waals surface area contributed by atoms with Gasteiger partial charge in [0.15, 0.2) is 6.61 Å². The van der Waals surface area contributed by atoms with Crippen LogP contribution in [0.25, 0.3) is 0 Å². The fourth-order valence-corrected chi connectivity index (χ4v) is 1.55. The maximum atomic E-state index is 12.7. The molecule has 0 atom stereocenters. The number of ether oxygens (including phenoxy) is 2. The topological polar surface area (TPSA) is 35.5 Å². The maximum absolute atomic E-state index is 12.7. The maximum Gasteiger partial charge on any atom is 0.420 e. The summed E-state index contributed by atoms with van der Waals surface area (Å²) >= 11 is 2.95. The monoisotopic (exact) mass is 356 g/mol. The van der Waals surface area contributed by atoms with Crippen LogP contribution in [0, 0.1) is 0 Å². The quantitative estimate of drug-likeness (QED) is 0.748. The second-order valence-corrected chi connectivity index (χ2v) is 4.15. The molecule has 0 aliphatic heterocycles. The molecule has 0 spiro atoms. The van der Waals surface area contributed by atoms with Gasteiger partial charge in [-0.3, -0.25) is 0 Å². The lowest BCUT2D eigenvalue weighted by molar-refractivity contribution is -0.147. The van der Waals surface area contributed by atoms with Crippen LogP contribution in [-0.4, -0.2) is 19.2 Å². The highest BCUT2D eigenvalue weighted by Crippen LogP contribution is 2.37. The molecular formula is C13H16BrF3O3. The van der Waals surface area contributed by atoms with Gasteiger partial charge in [0.25, 0.3) is 0 Å². The van der Waals surface area contributed by atoms with Gasteiger partial charge in [-0.1, -0.05) is 29.8 Å². The first-order valence-electron chi connectivity index (χ1n) is 5.99. The van der Waals surface area contributed by atoms with Gasteiger partial charge in [0.05, 0.1) is 12.2 Å². The molecule has 7 heteroatoms. The van der Waals surface area contributed by atoms with Crippen molar-refractivity contribution in [2.45, 2.75) is 26.9 Å². The van der Waals surface area contributed by atoms with Gasteiger partial charge in [-0.25, -0.2) is 4.79 Å². The average molecular weight is 357 g/mol. The number of esters is 1. The number of carbonyl (C=O) groups excluding carboxylic acids is 1. The van der Waals surface area contributed by atoms with E-state index in [9.17, 15) is 18.0 Å². The summed E-state index contributed by atoms with van der Waals surface area (Å²) < 4.78 is 47.7. The molecule has 0 aliphatic carbocycles. The fourth-order valence-electron chi connectivity index (χ4n) is 1.19. The summed E-state index contributed by atoms with van der Waals surface area (Å²) in [6, 6.07) is 3.43. The van der Waals surface area contributed by atoms with Crippen molar-refractivity contribution in [3.8, 4) is 5.75 Å². The Morgan fingerprint density at radius 2 is 1.90 bits per heavy atom. The van der Waals surface area contributed by atoms with Crippen LogP contribution in [0.5, 0.6) is 5.75 Å². The third-order valence-corrected chi connectivity index (χ3v) is 2.39. The normalized spacial score (nSPS) is 10.3. The SMILES string of the molecule is CC.CCOC(=O)COc1ccc(Br)cc1C(F)(F)F. The Morgan fingerprint density at radius 3 is 2.40 bits per heavy atom. The van der Waals surface area contributed by atoms with Gasteiger partial charge < -0.3 is 9.47 Å². The van der Waals surface area contributed by atoms with Crippen molar-refractivity contribution in [3.05, 3.63) is 28.2 Å². The van der Waals surface area contributed by atoms with E-state index in [-0.39, 0.29) is 11.1 Å². The Morgan fingerprint density at radius 1 is 1.30 bits per heavy atom. The van der Waals surface area contributed by atoms with E-state index in [4.69, 9.17) is 4.74 Å². The molecule has 0 saturated heterocycles. The van der Waals surface area contributed by atoms with Crippen LogP contribution in [0.2, 0.25) is 0 Å². The Kier molecular flexibility index (Phi) is 8.29. The molecule has 20 heavy (non-hydrogen) atoms. The van der Waals surface area contributed by atoms with E-state index in [2.05, 4.69) is 20.7 Å². The zero-order valence-corrected chi connectivity index (χ0v) is 13.0. The van der Waals surface area contributed by atoms with Crippen LogP contribution >= 0.6 is 15.9 Å². The number of rotatable bonds is 4. The lowest BCUT2D eigenvalue weighted by Gasteiger charge is -2.13. The molecule has 0 N–H and O–H groups in total. The molecule has 0 fully saturated rings. The first-order valence-corrected chi connectivity index (χ1v) is 6.79. The van der Waals surface area contributed by atoms with Gasteiger partial charge in [0, 0.05) is 4.47 Å². The first-order chi connectivity index (χ1) is 9.34. The lowest BCUT2D eigenvalue weighted by Crippen LogP contribution is -2.17. The summed E-state index contributed by atoms with van der Waals surface area (Å²) in [5.74, 6) is -1.12. The minimum absolute atomic E-state index is 0.147. The van der Waals surface area contributed by atoms with E-state index in [1.807, 2.05) is 13.8 Å². The van der Waals surface area contributed by atoms with E-state index < -0.39 is 30.1 Å². The number of carbonyl (C=O) groups is 1. The Labute approximate surface area is 124 Å². The molecule has 0 radical (unpaired) electrons. The van der Waals surface area contributed by atoms with Crippen LogP contribution in [0.3, 0.4) is 0 Å². The summed E-state index contributed by atoms with van der Waals surface area (Å²) in [4.78, 5) is 11.0. The summed E-state index contributed by atoms with van der Waals surface area (Å²) in [7, 11) is 0. The van der Waals surface area contributed by atoms with Gasteiger partial charge in [-0.05, 0) is 25.1 Å². The van der Waals surface area contributed by atoms with E-state index in [1.54, 1.807) is 6.92 Å². The lowest BCUT2D eigenvalue weighted by atomic mass is 10.2. The largest absolute Gasteiger partial charge is 0.481 e. The van der Waals surface area contributed by atoms with E-state index >= 15 is 0 Å². The van der Waals surface area contributed by atoms with Gasteiger partial charge in [0.2, 0.25) is 0 Å². The number of benzene rings is 1. The molecule has 3 nitrogen and oxygen atoms in total. The molecule has 1 rings (SSSR count). The molecule has 114 valence electrons. The number of alkyl halides is 3. The van der Waals surface area contributed by atoms with Gasteiger partial charge in [-0.2, -0.15) is 13.2 Å². The number of hydrogen-bond donors (Lipinski definition) is 0. The third kappa shape index (κ3) is 6.27. The van der Waals surface area contributed by atoms with Gasteiger partial charge in [0.1, 0.15) is 5.75 Å². The molecule has 0 saturated carbocycles. The molecule has 0 heterocycles. The average Bonchev–Trinajstić information content (AvgIpc) is 2.39. The second kappa shape index (κ2) is 8.84. The van der Waals surface area contributed by atoms with Crippen molar-refractivity contribution in [1.29, 1.82) is 0 Å². The Balaban J connectivity index is 0.00000172. The summed E-state index contributed by atoms with van der Waals surface area (Å²) in [5, 5.41) is 0. The highest BCUT2D eigenvalue weighted by molar-refractivity contribution is 9.10. The first kappa shape index (κ1) is 18.8. The zero-order valence-electron chi connectivity index (χ0n) is 11.4. The summed E-state index contributed by atoms with van der Waals surface area (Å²) in [6.07, 6.45) is -4.55. The number of halogens is 4. The van der Waals surface area contributed by atoms with Crippen molar-refractivity contribution < 1.29 is 27.4 Å². The van der Waals surface area contributed by atoms with Crippen molar-refractivity contribution in [2.24, 2.45) is 0 Å². The minimum atomic E-state index is -4.55. The van der Waals surface area contributed by atoms with Crippen LogP contribution in [0.4, 0.5) is 13.2 Å². The molecular weight excluding hydrogens is 341 g/mol. The van der Waals surface area contributed by atoms with E-state index in [0.717, 1.165) is 12.1 Å². The smallest absolute Gasteiger partial charge is 0.420 e. The summed E-state index contributed by atoms with van der Waals surface area (Å²) in [6.45, 7) is 5.19. The molecule has 0 aromatic heterocycles. The van der Waals surface area contributed by atoms with Gasteiger partial charge in [-0.15, -0.1) is 0 Å². The Hall–Kier alpha value is -1.24. The standard InChI is InChI=1S/C11H10BrF3O3.C2H6/c1-2-17-10(16)6-18-9-4-3-7(12)5-8(9)11(13,14)15;1-2/h3-5H,2,6H2,1H3;1-2H3. The van der Waals surface area contributed by atoms with Crippen molar-refractivity contribution >= 4 is 21.9 Å². The van der Waals surface area contributed by atoms with Crippen molar-refractivity contribution in [3.63, 3.8) is 0 Å². The molecule has 0 aliphatic rings. The van der Waals surface area contributed by atoms with Gasteiger partial charge >= 0.3 is 12.1 Å². The van der Waals surface area contributed by atoms with Crippen molar-refractivity contribution in [2.75, 3.05) is 13.2 Å².